The van der Waals surface area contributed by atoms with Gasteiger partial charge < -0.3 is 19.9 Å². The summed E-state index contributed by atoms with van der Waals surface area (Å²) in [5, 5.41) is 2.79. The van der Waals surface area contributed by atoms with Crippen LogP contribution in [0.2, 0.25) is 0 Å². The number of amides is 2. The average Bonchev–Trinajstić information content (AvgIpc) is 2.57. The monoisotopic (exact) mass is 331 g/mol. The molecule has 0 fully saturated rings. The lowest BCUT2D eigenvalue weighted by molar-refractivity contribution is -0.119. The Labute approximate surface area is 143 Å². The first-order valence-corrected chi connectivity index (χ1v) is 8.19. The van der Waals surface area contributed by atoms with Crippen LogP contribution in [0.4, 0.5) is 5.69 Å². The summed E-state index contributed by atoms with van der Waals surface area (Å²) in [7, 11) is 3.88. The summed E-state index contributed by atoms with van der Waals surface area (Å²) in [6, 6.07) is 7.55. The second-order valence-electron chi connectivity index (χ2n) is 5.92. The largest absolute Gasteiger partial charge is 0.490 e. The standard InChI is InChI=1S/C18H25N3O3/c1-20(2)12-6-9-17(22)19-11-5-10-18(23)21-13-14-24-16-8-4-3-7-15(16)21/h3-4,6-9H,5,10-14H2,1-2H3,(H,19,22)/b9-6+. The van der Waals surface area contributed by atoms with Crippen molar-refractivity contribution >= 4 is 17.5 Å². The van der Waals surface area contributed by atoms with Gasteiger partial charge in [0.15, 0.2) is 0 Å². The number of benzene rings is 1. The lowest BCUT2D eigenvalue weighted by atomic mass is 10.2. The molecule has 0 aliphatic carbocycles. The number of para-hydroxylation sites is 2. The van der Waals surface area contributed by atoms with Gasteiger partial charge in [0, 0.05) is 25.6 Å². The molecule has 1 aliphatic heterocycles. The van der Waals surface area contributed by atoms with E-state index >= 15 is 0 Å². The first-order chi connectivity index (χ1) is 11.6. The van der Waals surface area contributed by atoms with Crippen molar-refractivity contribution < 1.29 is 14.3 Å². The van der Waals surface area contributed by atoms with Gasteiger partial charge in [-0.2, -0.15) is 0 Å². The first-order valence-electron chi connectivity index (χ1n) is 8.19. The molecule has 1 aromatic rings. The molecule has 0 spiro atoms. The van der Waals surface area contributed by atoms with Crippen molar-refractivity contribution in [2.75, 3.05) is 45.2 Å². The van der Waals surface area contributed by atoms with Crippen LogP contribution in [0.5, 0.6) is 5.75 Å². The van der Waals surface area contributed by atoms with E-state index in [2.05, 4.69) is 5.32 Å². The minimum atomic E-state index is -0.124. The molecule has 1 aliphatic rings. The van der Waals surface area contributed by atoms with Gasteiger partial charge in [0.25, 0.3) is 0 Å². The van der Waals surface area contributed by atoms with Crippen molar-refractivity contribution in [3.8, 4) is 5.75 Å². The lowest BCUT2D eigenvalue weighted by Gasteiger charge is -2.29. The van der Waals surface area contributed by atoms with Crippen LogP contribution in [-0.4, -0.2) is 57.1 Å². The molecular weight excluding hydrogens is 306 g/mol. The fourth-order valence-electron chi connectivity index (χ4n) is 2.44. The molecule has 130 valence electrons. The normalized spacial score (nSPS) is 13.7. The Kier molecular flexibility index (Phi) is 6.81. The highest BCUT2D eigenvalue weighted by Crippen LogP contribution is 2.31. The molecule has 2 amide bonds. The van der Waals surface area contributed by atoms with Crippen molar-refractivity contribution in [1.82, 2.24) is 10.2 Å². The molecule has 6 heteroatoms. The van der Waals surface area contributed by atoms with Crippen LogP contribution < -0.4 is 15.0 Å². The zero-order chi connectivity index (χ0) is 17.4. The number of hydrogen-bond acceptors (Lipinski definition) is 4. The molecule has 2 rings (SSSR count). The van der Waals surface area contributed by atoms with Crippen LogP contribution in [-0.2, 0) is 9.59 Å². The van der Waals surface area contributed by atoms with E-state index in [1.807, 2.05) is 49.3 Å². The van der Waals surface area contributed by atoms with Crippen molar-refractivity contribution in [3.63, 3.8) is 0 Å². The minimum absolute atomic E-state index is 0.0585. The molecule has 6 nitrogen and oxygen atoms in total. The molecule has 0 aromatic heterocycles. The van der Waals surface area contributed by atoms with E-state index in [1.165, 1.54) is 6.08 Å². The van der Waals surface area contributed by atoms with Gasteiger partial charge in [-0.05, 0) is 32.6 Å². The van der Waals surface area contributed by atoms with Gasteiger partial charge in [-0.3, -0.25) is 9.59 Å². The second kappa shape index (κ2) is 9.08. The highest BCUT2D eigenvalue weighted by atomic mass is 16.5. The summed E-state index contributed by atoms with van der Waals surface area (Å²) in [6.45, 7) is 2.29. The second-order valence-corrected chi connectivity index (χ2v) is 5.92. The predicted molar refractivity (Wildman–Crippen MR) is 94.2 cm³/mol. The Bertz CT molecular complexity index is 599. The number of hydrogen-bond donors (Lipinski definition) is 1. The van der Waals surface area contributed by atoms with Crippen molar-refractivity contribution in [2.24, 2.45) is 0 Å². The highest BCUT2D eigenvalue weighted by Gasteiger charge is 2.22. The van der Waals surface area contributed by atoms with Crippen LogP contribution in [0.3, 0.4) is 0 Å². The number of carbonyl (C=O) groups is 2. The van der Waals surface area contributed by atoms with E-state index in [1.54, 1.807) is 4.90 Å². The molecule has 0 atom stereocenters. The molecule has 24 heavy (non-hydrogen) atoms. The number of nitrogens with zero attached hydrogens (tertiary/aromatic N) is 2. The van der Waals surface area contributed by atoms with Gasteiger partial charge in [-0.1, -0.05) is 18.2 Å². The smallest absolute Gasteiger partial charge is 0.243 e. The van der Waals surface area contributed by atoms with Crippen LogP contribution in [0.1, 0.15) is 12.8 Å². The Balaban J connectivity index is 1.73. The molecule has 0 bridgehead atoms. The molecule has 0 saturated carbocycles. The molecular formula is C18H25N3O3. The number of nitrogens with one attached hydrogen (secondary N) is 1. The van der Waals surface area contributed by atoms with Gasteiger partial charge in [0.05, 0.1) is 12.2 Å². The first kappa shape index (κ1) is 18.0. The maximum absolute atomic E-state index is 12.4. The van der Waals surface area contributed by atoms with Crippen molar-refractivity contribution in [1.29, 1.82) is 0 Å². The molecule has 0 radical (unpaired) electrons. The van der Waals surface area contributed by atoms with Crippen LogP contribution >= 0.6 is 0 Å². The van der Waals surface area contributed by atoms with Gasteiger partial charge in [-0.25, -0.2) is 0 Å². The number of fused-ring (bicyclic) bond motifs is 1. The predicted octanol–water partition coefficient (Wildman–Crippen LogP) is 1.43. The third-order valence-corrected chi connectivity index (χ3v) is 3.64. The molecule has 0 unspecified atom stereocenters. The number of carbonyl (C=O) groups excluding carboxylic acids is 2. The van der Waals surface area contributed by atoms with Gasteiger partial charge in [-0.15, -0.1) is 0 Å². The van der Waals surface area contributed by atoms with E-state index < -0.39 is 0 Å². The van der Waals surface area contributed by atoms with E-state index in [9.17, 15) is 9.59 Å². The molecule has 1 heterocycles. The average molecular weight is 331 g/mol. The van der Waals surface area contributed by atoms with Crippen molar-refractivity contribution in [3.05, 3.63) is 36.4 Å². The summed E-state index contributed by atoms with van der Waals surface area (Å²) in [5.74, 6) is 0.681. The zero-order valence-corrected chi connectivity index (χ0v) is 14.3. The summed E-state index contributed by atoms with van der Waals surface area (Å²) >= 11 is 0. The number of rotatable bonds is 7. The minimum Gasteiger partial charge on any atom is -0.490 e. The number of ether oxygens (including phenoxy) is 1. The maximum Gasteiger partial charge on any atom is 0.243 e. The number of anilines is 1. The Hall–Kier alpha value is -2.34. The van der Waals surface area contributed by atoms with Crippen LogP contribution in [0.25, 0.3) is 0 Å². The summed E-state index contributed by atoms with van der Waals surface area (Å²) in [5.41, 5.74) is 0.824. The quantitative estimate of drug-likeness (QED) is 0.606. The maximum atomic E-state index is 12.4. The summed E-state index contributed by atoms with van der Waals surface area (Å²) in [6.07, 6.45) is 4.35. The Morgan fingerprint density at radius 3 is 2.92 bits per heavy atom. The van der Waals surface area contributed by atoms with Crippen LogP contribution in [0, 0.1) is 0 Å². The van der Waals surface area contributed by atoms with Crippen molar-refractivity contribution in [2.45, 2.75) is 12.8 Å². The van der Waals surface area contributed by atoms with E-state index in [0.717, 1.165) is 18.0 Å². The third-order valence-electron chi connectivity index (χ3n) is 3.64. The van der Waals surface area contributed by atoms with E-state index in [-0.39, 0.29) is 11.8 Å². The van der Waals surface area contributed by atoms with Crippen LogP contribution in [0.15, 0.2) is 36.4 Å². The lowest BCUT2D eigenvalue weighted by Crippen LogP contribution is -2.38. The van der Waals surface area contributed by atoms with Gasteiger partial charge in [0.2, 0.25) is 11.8 Å². The van der Waals surface area contributed by atoms with E-state index in [4.69, 9.17) is 4.74 Å². The Morgan fingerprint density at radius 1 is 1.33 bits per heavy atom. The SMILES string of the molecule is CN(C)C/C=C/C(=O)NCCCC(=O)N1CCOc2ccccc21. The summed E-state index contributed by atoms with van der Waals surface area (Å²) < 4.78 is 5.55. The fraction of sp³-hybridized carbons (Fsp3) is 0.444. The fourth-order valence-corrected chi connectivity index (χ4v) is 2.44. The highest BCUT2D eigenvalue weighted by molar-refractivity contribution is 5.95. The Morgan fingerprint density at radius 2 is 2.12 bits per heavy atom. The van der Waals surface area contributed by atoms with Gasteiger partial charge >= 0.3 is 0 Å². The van der Waals surface area contributed by atoms with E-state index in [0.29, 0.717) is 32.5 Å². The number of likely N-dealkylation sites (N-methyl/N-ethyl adjacent to an activating group) is 1. The molecule has 0 saturated heterocycles. The molecule has 1 N–H and O–H groups in total. The third kappa shape index (κ3) is 5.38. The zero-order valence-electron chi connectivity index (χ0n) is 14.3. The topological polar surface area (TPSA) is 61.9 Å². The summed E-state index contributed by atoms with van der Waals surface area (Å²) in [4.78, 5) is 27.7. The molecule has 1 aromatic carbocycles. The van der Waals surface area contributed by atoms with Gasteiger partial charge in [0.1, 0.15) is 12.4 Å².